The van der Waals surface area contributed by atoms with Gasteiger partial charge in [0, 0.05) is 6.54 Å². The number of hydrogen-bond donors (Lipinski definition) is 1. The van der Waals surface area contributed by atoms with Crippen molar-refractivity contribution in [3.05, 3.63) is 64.7 Å². The number of amides is 1. The van der Waals surface area contributed by atoms with Crippen LogP contribution in [0.25, 0.3) is 0 Å². The average Bonchev–Trinajstić information content (AvgIpc) is 2.60. The number of ether oxygens (including phenoxy) is 1. The molecule has 2 aromatic carbocycles. The first kappa shape index (κ1) is 21.2. The molecule has 0 atom stereocenters. The third-order valence-corrected chi connectivity index (χ3v) is 5.30. The number of hydrogen-bond acceptors (Lipinski definition) is 4. The van der Waals surface area contributed by atoms with E-state index in [9.17, 15) is 13.2 Å². The van der Waals surface area contributed by atoms with Crippen LogP contribution in [0.3, 0.4) is 0 Å². The van der Waals surface area contributed by atoms with Crippen LogP contribution >= 0.6 is 11.6 Å². The molecule has 0 saturated carbocycles. The summed E-state index contributed by atoms with van der Waals surface area (Å²) in [6.45, 7) is 2.32. The highest BCUT2D eigenvalue weighted by Gasteiger charge is 2.20. The number of halogens is 1. The lowest BCUT2D eigenvalue weighted by atomic mass is 10.1. The van der Waals surface area contributed by atoms with E-state index in [1.54, 1.807) is 24.3 Å². The van der Waals surface area contributed by atoms with Crippen LogP contribution in [-0.4, -0.2) is 44.6 Å². The molecule has 27 heavy (non-hydrogen) atoms. The Kier molecular flexibility index (Phi) is 7.65. The topological polar surface area (TPSA) is 75.7 Å². The maximum atomic E-state index is 12.1. The van der Waals surface area contributed by atoms with E-state index >= 15 is 0 Å². The van der Waals surface area contributed by atoms with E-state index in [1.165, 1.54) is 0 Å². The van der Waals surface area contributed by atoms with Crippen LogP contribution in [0.1, 0.15) is 11.1 Å². The second-order valence-corrected chi connectivity index (χ2v) is 8.54. The quantitative estimate of drug-likeness (QED) is 0.645. The number of sulfonamides is 1. The minimum atomic E-state index is -3.52. The van der Waals surface area contributed by atoms with Crippen LogP contribution in [0.4, 0.5) is 0 Å². The fraction of sp³-hybridized carbons (Fsp3) is 0.316. The van der Waals surface area contributed by atoms with Crippen molar-refractivity contribution < 1.29 is 17.9 Å². The summed E-state index contributed by atoms with van der Waals surface area (Å²) in [6, 6.07) is 14.6. The summed E-state index contributed by atoms with van der Waals surface area (Å²) < 4.78 is 30.6. The third kappa shape index (κ3) is 7.21. The smallest absolute Gasteiger partial charge is 0.235 e. The molecule has 2 aromatic rings. The number of carbonyl (C=O) groups is 1. The van der Waals surface area contributed by atoms with Crippen LogP contribution in [0.2, 0.25) is 5.02 Å². The van der Waals surface area contributed by atoms with Crippen molar-refractivity contribution in [2.24, 2.45) is 0 Å². The molecule has 2 rings (SSSR count). The van der Waals surface area contributed by atoms with Gasteiger partial charge in [0.2, 0.25) is 15.9 Å². The summed E-state index contributed by atoms with van der Waals surface area (Å²) in [5.74, 6) is 0.140. The Bertz CT molecular complexity index is 870. The van der Waals surface area contributed by atoms with Gasteiger partial charge in [-0.2, -0.15) is 4.31 Å². The first-order valence-corrected chi connectivity index (χ1v) is 10.6. The molecule has 6 nitrogen and oxygen atoms in total. The lowest BCUT2D eigenvalue weighted by Crippen LogP contribution is -2.40. The Morgan fingerprint density at radius 1 is 1.15 bits per heavy atom. The van der Waals surface area contributed by atoms with Gasteiger partial charge in [0.05, 0.1) is 24.4 Å². The molecule has 8 heteroatoms. The maximum Gasteiger partial charge on any atom is 0.235 e. The summed E-state index contributed by atoms with van der Waals surface area (Å²) in [4.78, 5) is 12.1. The van der Waals surface area contributed by atoms with Gasteiger partial charge < -0.3 is 10.1 Å². The zero-order chi connectivity index (χ0) is 19.9. The fourth-order valence-electron chi connectivity index (χ4n) is 2.32. The zero-order valence-corrected chi connectivity index (χ0v) is 16.9. The van der Waals surface area contributed by atoms with Gasteiger partial charge in [0.25, 0.3) is 0 Å². The number of rotatable bonds is 9. The lowest BCUT2D eigenvalue weighted by Gasteiger charge is -2.19. The first-order valence-electron chi connectivity index (χ1n) is 8.40. The molecule has 0 heterocycles. The Labute approximate surface area is 165 Å². The molecular weight excluding hydrogens is 388 g/mol. The first-order chi connectivity index (χ1) is 12.8. The van der Waals surface area contributed by atoms with Gasteiger partial charge >= 0.3 is 0 Å². The van der Waals surface area contributed by atoms with Gasteiger partial charge in [0.1, 0.15) is 12.4 Å². The number of para-hydroxylation sites is 1. The average molecular weight is 411 g/mol. The van der Waals surface area contributed by atoms with Gasteiger partial charge in [-0.1, -0.05) is 53.6 Å². The summed E-state index contributed by atoms with van der Waals surface area (Å²) in [7, 11) is -3.52. The standard InChI is InChI=1S/C19H23ClN2O4S/c1-15-7-9-16(10-8-15)13-22(27(2,24)25)14-19(23)21-11-12-26-18-6-4-3-5-17(18)20/h3-10H,11-14H2,1-2H3,(H,21,23). The molecule has 0 unspecified atom stereocenters. The second-order valence-electron chi connectivity index (χ2n) is 6.15. The summed E-state index contributed by atoms with van der Waals surface area (Å²) in [6.07, 6.45) is 1.09. The van der Waals surface area contributed by atoms with Gasteiger partial charge in [-0.05, 0) is 24.6 Å². The summed E-state index contributed by atoms with van der Waals surface area (Å²) >= 11 is 5.99. The van der Waals surface area contributed by atoms with Crippen LogP contribution in [0, 0.1) is 6.92 Å². The van der Waals surface area contributed by atoms with Gasteiger partial charge in [0.15, 0.2) is 0 Å². The van der Waals surface area contributed by atoms with Crippen molar-refractivity contribution in [3.8, 4) is 5.75 Å². The molecular formula is C19H23ClN2O4S. The highest BCUT2D eigenvalue weighted by Crippen LogP contribution is 2.22. The molecule has 0 aliphatic carbocycles. The third-order valence-electron chi connectivity index (χ3n) is 3.79. The molecule has 0 bridgehead atoms. The number of aryl methyl sites for hydroxylation is 1. The van der Waals surface area contributed by atoms with E-state index in [4.69, 9.17) is 16.3 Å². The van der Waals surface area contributed by atoms with Crippen molar-refractivity contribution in [2.75, 3.05) is 26.0 Å². The Hall–Kier alpha value is -2.09. The van der Waals surface area contributed by atoms with E-state index in [0.717, 1.165) is 21.7 Å². The number of benzene rings is 2. The number of nitrogens with zero attached hydrogens (tertiary/aromatic N) is 1. The monoisotopic (exact) mass is 410 g/mol. The highest BCUT2D eigenvalue weighted by molar-refractivity contribution is 7.88. The molecule has 0 saturated heterocycles. The zero-order valence-electron chi connectivity index (χ0n) is 15.3. The number of nitrogens with one attached hydrogen (secondary N) is 1. The SMILES string of the molecule is Cc1ccc(CN(CC(=O)NCCOc2ccccc2Cl)S(C)(=O)=O)cc1. The normalized spacial score (nSPS) is 11.4. The summed E-state index contributed by atoms with van der Waals surface area (Å²) in [5, 5.41) is 3.15. The highest BCUT2D eigenvalue weighted by atomic mass is 35.5. The van der Waals surface area contributed by atoms with Crippen molar-refractivity contribution in [1.29, 1.82) is 0 Å². The predicted molar refractivity (Wildman–Crippen MR) is 106 cm³/mol. The minimum absolute atomic E-state index is 0.142. The van der Waals surface area contributed by atoms with Crippen molar-refractivity contribution in [2.45, 2.75) is 13.5 Å². The van der Waals surface area contributed by atoms with E-state index < -0.39 is 15.9 Å². The Morgan fingerprint density at radius 3 is 2.44 bits per heavy atom. The summed E-state index contributed by atoms with van der Waals surface area (Å²) in [5.41, 5.74) is 1.90. The van der Waals surface area contributed by atoms with Crippen LogP contribution < -0.4 is 10.1 Å². The van der Waals surface area contributed by atoms with Gasteiger partial charge in [-0.25, -0.2) is 8.42 Å². The van der Waals surface area contributed by atoms with Gasteiger partial charge in [-0.3, -0.25) is 4.79 Å². The van der Waals surface area contributed by atoms with E-state index in [0.29, 0.717) is 10.8 Å². The molecule has 1 amide bonds. The molecule has 146 valence electrons. The van der Waals surface area contributed by atoms with Crippen LogP contribution in [0.15, 0.2) is 48.5 Å². The largest absolute Gasteiger partial charge is 0.490 e. The number of carbonyl (C=O) groups excluding carboxylic acids is 1. The van der Waals surface area contributed by atoms with Gasteiger partial charge in [-0.15, -0.1) is 0 Å². The molecule has 0 aliphatic heterocycles. The van der Waals surface area contributed by atoms with E-state index in [-0.39, 0.29) is 26.2 Å². The van der Waals surface area contributed by atoms with Crippen LogP contribution in [-0.2, 0) is 21.4 Å². The van der Waals surface area contributed by atoms with E-state index in [2.05, 4.69) is 5.32 Å². The van der Waals surface area contributed by atoms with Crippen molar-refractivity contribution >= 4 is 27.5 Å². The predicted octanol–water partition coefficient (Wildman–Crippen LogP) is 2.61. The molecule has 0 radical (unpaired) electrons. The molecule has 0 aliphatic rings. The Balaban J connectivity index is 1.84. The minimum Gasteiger partial charge on any atom is -0.490 e. The second kappa shape index (κ2) is 9.73. The maximum absolute atomic E-state index is 12.1. The van der Waals surface area contributed by atoms with E-state index in [1.807, 2.05) is 31.2 Å². The fourth-order valence-corrected chi connectivity index (χ4v) is 3.24. The molecule has 0 spiro atoms. The van der Waals surface area contributed by atoms with Crippen LogP contribution in [0.5, 0.6) is 5.75 Å². The lowest BCUT2D eigenvalue weighted by molar-refractivity contribution is -0.121. The van der Waals surface area contributed by atoms with Crippen molar-refractivity contribution in [1.82, 2.24) is 9.62 Å². The molecule has 0 fully saturated rings. The van der Waals surface area contributed by atoms with Crippen molar-refractivity contribution in [3.63, 3.8) is 0 Å². The Morgan fingerprint density at radius 2 is 1.81 bits per heavy atom. The molecule has 0 aromatic heterocycles. The molecule has 1 N–H and O–H groups in total.